The summed E-state index contributed by atoms with van der Waals surface area (Å²) in [4.78, 5) is 9.87. The van der Waals surface area contributed by atoms with Gasteiger partial charge < -0.3 is 9.47 Å². The van der Waals surface area contributed by atoms with Gasteiger partial charge in [-0.1, -0.05) is 90.1 Å². The van der Waals surface area contributed by atoms with Crippen molar-refractivity contribution < 1.29 is 9.47 Å². The third-order valence-corrected chi connectivity index (χ3v) is 6.69. The Bertz CT molecular complexity index is 963. The summed E-state index contributed by atoms with van der Waals surface area (Å²) in [6.45, 7) is 18.7. The second kappa shape index (κ2) is 8.30. The zero-order chi connectivity index (χ0) is 24.0. The van der Waals surface area contributed by atoms with Gasteiger partial charge in [0, 0.05) is 0 Å². The molecule has 4 heteroatoms. The fourth-order valence-corrected chi connectivity index (χ4v) is 4.28. The molecule has 2 aromatic rings. The zero-order valence-corrected chi connectivity index (χ0v) is 21.4. The first-order chi connectivity index (χ1) is 15.4. The molecular formula is C29H38N2O2. The third kappa shape index (κ3) is 4.85. The van der Waals surface area contributed by atoms with Gasteiger partial charge in [-0.2, -0.15) is 0 Å². The van der Waals surface area contributed by atoms with Crippen molar-refractivity contribution in [3.05, 3.63) is 70.8 Å². The average molecular weight is 447 g/mol. The van der Waals surface area contributed by atoms with Gasteiger partial charge in [-0.15, -0.1) is 0 Å². The van der Waals surface area contributed by atoms with Crippen molar-refractivity contribution in [3.63, 3.8) is 0 Å². The Balaban J connectivity index is 1.50. The summed E-state index contributed by atoms with van der Waals surface area (Å²) in [6, 6.07) is 17.5. The van der Waals surface area contributed by atoms with Crippen LogP contribution < -0.4 is 0 Å². The Hall–Kier alpha value is -2.62. The van der Waals surface area contributed by atoms with Crippen molar-refractivity contribution in [2.45, 2.75) is 78.3 Å². The van der Waals surface area contributed by atoms with Crippen LogP contribution in [-0.2, 0) is 20.3 Å². The molecule has 2 aromatic carbocycles. The van der Waals surface area contributed by atoms with E-state index in [9.17, 15) is 0 Å². The molecule has 176 valence electrons. The van der Waals surface area contributed by atoms with Gasteiger partial charge in [0.15, 0.2) is 11.8 Å². The number of hydrogen-bond donors (Lipinski definition) is 0. The molecule has 0 spiro atoms. The Labute approximate surface area is 199 Å². The zero-order valence-electron chi connectivity index (χ0n) is 21.4. The lowest BCUT2D eigenvalue weighted by molar-refractivity contribution is 0.265. The van der Waals surface area contributed by atoms with Crippen LogP contribution >= 0.6 is 0 Å². The van der Waals surface area contributed by atoms with E-state index in [1.54, 1.807) is 0 Å². The van der Waals surface area contributed by atoms with Crippen LogP contribution in [0.2, 0.25) is 0 Å². The molecule has 2 atom stereocenters. The van der Waals surface area contributed by atoms with Crippen molar-refractivity contribution in [2.24, 2.45) is 15.4 Å². The SMILES string of the molecule is CC(C)(C1=N[C@@H](c2ccc(C(C)(C)C)cc2)CO1)C1=N[C@@H](c2ccc(C(C)(C)C)cc2)CO1. The molecule has 0 N–H and O–H groups in total. The summed E-state index contributed by atoms with van der Waals surface area (Å²) < 4.78 is 12.2. The first-order valence-corrected chi connectivity index (χ1v) is 12.0. The van der Waals surface area contributed by atoms with Crippen molar-refractivity contribution >= 4 is 11.8 Å². The predicted molar refractivity (Wildman–Crippen MR) is 136 cm³/mol. The van der Waals surface area contributed by atoms with E-state index in [-0.39, 0.29) is 22.9 Å². The molecule has 4 nitrogen and oxygen atoms in total. The van der Waals surface area contributed by atoms with Crippen LogP contribution in [0.4, 0.5) is 0 Å². The van der Waals surface area contributed by atoms with Crippen molar-refractivity contribution in [3.8, 4) is 0 Å². The Morgan fingerprint density at radius 2 is 0.909 bits per heavy atom. The second-order valence-electron chi connectivity index (χ2n) is 11.9. The maximum Gasteiger partial charge on any atom is 0.199 e. The van der Waals surface area contributed by atoms with E-state index in [0.29, 0.717) is 25.0 Å². The van der Waals surface area contributed by atoms with E-state index in [4.69, 9.17) is 19.5 Å². The van der Waals surface area contributed by atoms with Crippen LogP contribution in [0.25, 0.3) is 0 Å². The number of nitrogens with zero attached hydrogens (tertiary/aromatic N) is 2. The van der Waals surface area contributed by atoms with Crippen LogP contribution in [0.5, 0.6) is 0 Å². The Kier molecular flexibility index (Phi) is 5.92. The highest BCUT2D eigenvalue weighted by Crippen LogP contribution is 2.36. The summed E-state index contributed by atoms with van der Waals surface area (Å²) in [5.74, 6) is 1.41. The number of rotatable bonds is 4. The molecule has 2 aliphatic rings. The maximum atomic E-state index is 6.08. The molecule has 33 heavy (non-hydrogen) atoms. The number of benzene rings is 2. The number of ether oxygens (including phenoxy) is 2. The minimum Gasteiger partial charge on any atom is -0.478 e. The normalized spacial score (nSPS) is 21.3. The van der Waals surface area contributed by atoms with Gasteiger partial charge in [-0.3, -0.25) is 0 Å². The molecule has 0 aliphatic carbocycles. The highest BCUT2D eigenvalue weighted by atomic mass is 16.5. The molecule has 0 fully saturated rings. The van der Waals surface area contributed by atoms with Crippen LogP contribution in [-0.4, -0.2) is 25.0 Å². The lowest BCUT2D eigenvalue weighted by Gasteiger charge is -2.22. The van der Waals surface area contributed by atoms with Gasteiger partial charge >= 0.3 is 0 Å². The smallest absolute Gasteiger partial charge is 0.199 e. The molecule has 0 amide bonds. The lowest BCUT2D eigenvalue weighted by atomic mass is 9.86. The van der Waals surface area contributed by atoms with Crippen molar-refractivity contribution in [1.82, 2.24) is 0 Å². The molecule has 0 saturated carbocycles. The molecule has 0 radical (unpaired) electrons. The third-order valence-electron chi connectivity index (χ3n) is 6.69. The van der Waals surface area contributed by atoms with Gasteiger partial charge in [0.2, 0.25) is 0 Å². The largest absolute Gasteiger partial charge is 0.478 e. The monoisotopic (exact) mass is 446 g/mol. The minimum atomic E-state index is -0.500. The molecule has 0 unspecified atom stereocenters. The van der Waals surface area contributed by atoms with Gasteiger partial charge in [-0.05, 0) is 46.9 Å². The van der Waals surface area contributed by atoms with Gasteiger partial charge in [0.1, 0.15) is 30.7 Å². The first-order valence-electron chi connectivity index (χ1n) is 12.0. The summed E-state index contributed by atoms with van der Waals surface area (Å²) in [5.41, 5.74) is 4.79. The Morgan fingerprint density at radius 1 is 0.576 bits per heavy atom. The van der Waals surface area contributed by atoms with E-state index >= 15 is 0 Å². The van der Waals surface area contributed by atoms with E-state index < -0.39 is 5.41 Å². The predicted octanol–water partition coefficient (Wildman–Crippen LogP) is 6.95. The van der Waals surface area contributed by atoms with E-state index in [1.807, 2.05) is 0 Å². The molecular weight excluding hydrogens is 408 g/mol. The fraction of sp³-hybridized carbons (Fsp3) is 0.517. The number of aliphatic imine (C=N–C) groups is 2. The first kappa shape index (κ1) is 23.5. The minimum absolute atomic E-state index is 0.0102. The van der Waals surface area contributed by atoms with Crippen molar-refractivity contribution in [2.75, 3.05) is 13.2 Å². The van der Waals surface area contributed by atoms with Crippen LogP contribution in [0.15, 0.2) is 58.5 Å². The lowest BCUT2D eigenvalue weighted by Crippen LogP contribution is -2.34. The summed E-state index contributed by atoms with van der Waals surface area (Å²) in [6.07, 6.45) is 0. The standard InChI is InChI=1S/C29H38N2O2/c1-27(2,3)21-13-9-19(10-14-21)23-17-32-25(30-23)29(7,8)26-31-24(18-33-26)20-11-15-22(16-12-20)28(4,5)6/h9-16,23-24H,17-18H2,1-8H3/t23-,24-/m1/s1. The average Bonchev–Trinajstić information content (AvgIpc) is 3.44. The fourth-order valence-electron chi connectivity index (χ4n) is 4.28. The van der Waals surface area contributed by atoms with Crippen molar-refractivity contribution in [1.29, 1.82) is 0 Å². The highest BCUT2D eigenvalue weighted by Gasteiger charge is 2.41. The van der Waals surface area contributed by atoms with Crippen LogP contribution in [0.3, 0.4) is 0 Å². The van der Waals surface area contributed by atoms with E-state index in [0.717, 1.165) is 0 Å². The molecule has 2 aliphatic heterocycles. The highest BCUT2D eigenvalue weighted by molar-refractivity contribution is 6.05. The van der Waals surface area contributed by atoms with Crippen LogP contribution in [0.1, 0.15) is 89.7 Å². The molecule has 0 aromatic heterocycles. The quantitative estimate of drug-likeness (QED) is 0.510. The molecule has 0 bridgehead atoms. The molecule has 0 saturated heterocycles. The van der Waals surface area contributed by atoms with E-state index in [1.165, 1.54) is 22.3 Å². The van der Waals surface area contributed by atoms with Crippen LogP contribution in [0, 0.1) is 5.41 Å². The maximum absolute atomic E-state index is 6.08. The molecule has 2 heterocycles. The summed E-state index contributed by atoms with van der Waals surface area (Å²) >= 11 is 0. The molecule has 4 rings (SSSR count). The second-order valence-corrected chi connectivity index (χ2v) is 11.9. The summed E-state index contributed by atoms with van der Waals surface area (Å²) in [5, 5.41) is 0. The number of hydrogen-bond acceptors (Lipinski definition) is 4. The van der Waals surface area contributed by atoms with Gasteiger partial charge in [-0.25, -0.2) is 9.98 Å². The topological polar surface area (TPSA) is 43.2 Å². The van der Waals surface area contributed by atoms with Gasteiger partial charge in [0.05, 0.1) is 0 Å². The van der Waals surface area contributed by atoms with E-state index in [2.05, 4.69) is 104 Å². The Morgan fingerprint density at radius 3 is 1.21 bits per heavy atom. The summed E-state index contributed by atoms with van der Waals surface area (Å²) in [7, 11) is 0. The van der Waals surface area contributed by atoms with Gasteiger partial charge in [0.25, 0.3) is 0 Å².